The molecule has 0 saturated heterocycles. The largest absolute Gasteiger partial charge is 0.475 e. The van der Waals surface area contributed by atoms with Gasteiger partial charge in [-0.15, -0.1) is 0 Å². The van der Waals surface area contributed by atoms with Gasteiger partial charge in [0.15, 0.2) is 0 Å². The van der Waals surface area contributed by atoms with Crippen LogP contribution in [0.5, 0.6) is 0 Å². The molecule has 0 aliphatic heterocycles. The highest BCUT2D eigenvalue weighted by Gasteiger charge is 2.54. The van der Waals surface area contributed by atoms with Gasteiger partial charge in [0.25, 0.3) is 11.7 Å². The predicted molar refractivity (Wildman–Crippen MR) is 103 cm³/mol. The minimum absolute atomic E-state index is 0.156. The standard InChI is InChI=1S/C21H22N4O4/c26-20(27)18-24-19(29-25-18)14-9-22-15-3-1-2-13(15)17(14)23-16-11-4-10-5-12(16)8-21(28,6-10)7-11/h1-2,9-12,16,28H,3-8H2,(H,22,23)(H,26,27)/t10?,11-,12+,16?,21?. The molecule has 5 aliphatic rings. The fourth-order valence-corrected chi connectivity index (χ4v) is 6.32. The number of hydrogen-bond donors (Lipinski definition) is 3. The molecular weight excluding hydrogens is 372 g/mol. The second-order valence-corrected chi connectivity index (χ2v) is 9.11. The van der Waals surface area contributed by atoms with Gasteiger partial charge in [-0.1, -0.05) is 12.2 Å². The van der Waals surface area contributed by atoms with Crippen LogP contribution in [0.2, 0.25) is 0 Å². The van der Waals surface area contributed by atoms with E-state index in [0.717, 1.165) is 55.5 Å². The summed E-state index contributed by atoms with van der Waals surface area (Å²) in [6.45, 7) is 0. The summed E-state index contributed by atoms with van der Waals surface area (Å²) >= 11 is 0. The van der Waals surface area contributed by atoms with Crippen LogP contribution in [0.3, 0.4) is 0 Å². The lowest BCUT2D eigenvalue weighted by molar-refractivity contribution is -0.129. The van der Waals surface area contributed by atoms with E-state index in [2.05, 4.69) is 26.5 Å². The zero-order valence-corrected chi connectivity index (χ0v) is 15.8. The number of fused-ring (bicyclic) bond motifs is 1. The molecule has 4 saturated carbocycles. The number of anilines is 1. The number of carbonyl (C=O) groups is 1. The topological polar surface area (TPSA) is 121 Å². The molecule has 3 N–H and O–H groups in total. The molecule has 5 atom stereocenters. The third-order valence-corrected chi connectivity index (χ3v) is 7.19. The number of carboxylic acids is 1. The number of aromatic carboxylic acids is 1. The lowest BCUT2D eigenvalue weighted by atomic mass is 9.52. The summed E-state index contributed by atoms with van der Waals surface area (Å²) in [5.74, 6) is 0.0721. The maximum atomic E-state index is 11.2. The lowest BCUT2D eigenvalue weighted by Gasteiger charge is -2.58. The summed E-state index contributed by atoms with van der Waals surface area (Å²) in [6.07, 6.45) is 11.5. The molecule has 8 heteroatoms. The van der Waals surface area contributed by atoms with Gasteiger partial charge in [0.05, 0.1) is 22.5 Å². The van der Waals surface area contributed by atoms with E-state index >= 15 is 0 Å². The van der Waals surface area contributed by atoms with Gasteiger partial charge in [-0.2, -0.15) is 4.98 Å². The lowest BCUT2D eigenvalue weighted by Crippen LogP contribution is -2.59. The normalized spacial score (nSPS) is 33.8. The molecule has 3 unspecified atom stereocenters. The highest BCUT2D eigenvalue weighted by Crippen LogP contribution is 2.56. The van der Waals surface area contributed by atoms with E-state index in [-0.39, 0.29) is 17.8 Å². The van der Waals surface area contributed by atoms with Gasteiger partial charge in [0, 0.05) is 24.2 Å². The summed E-state index contributed by atoms with van der Waals surface area (Å²) in [6, 6.07) is 0.271. The van der Waals surface area contributed by atoms with Crippen LogP contribution >= 0.6 is 0 Å². The van der Waals surface area contributed by atoms with Crippen molar-refractivity contribution in [1.82, 2.24) is 15.1 Å². The van der Waals surface area contributed by atoms with Crippen molar-refractivity contribution in [3.63, 3.8) is 0 Å². The van der Waals surface area contributed by atoms with Crippen molar-refractivity contribution in [2.75, 3.05) is 5.32 Å². The smallest absolute Gasteiger partial charge is 0.377 e. The fourth-order valence-electron chi connectivity index (χ4n) is 6.32. The highest BCUT2D eigenvalue weighted by atomic mass is 16.5. The quantitative estimate of drug-likeness (QED) is 0.724. The van der Waals surface area contributed by atoms with E-state index in [1.54, 1.807) is 6.20 Å². The Balaban J connectivity index is 1.40. The molecule has 0 spiro atoms. The number of carboxylic acid groups (broad SMARTS) is 1. The van der Waals surface area contributed by atoms with Crippen molar-refractivity contribution in [2.24, 2.45) is 17.8 Å². The number of pyridine rings is 1. The third kappa shape index (κ3) is 2.62. The maximum absolute atomic E-state index is 11.2. The minimum atomic E-state index is -1.22. The van der Waals surface area contributed by atoms with Gasteiger partial charge in [-0.25, -0.2) is 4.79 Å². The van der Waals surface area contributed by atoms with Gasteiger partial charge in [0.2, 0.25) is 0 Å². The second-order valence-electron chi connectivity index (χ2n) is 9.11. The van der Waals surface area contributed by atoms with Crippen molar-refractivity contribution in [2.45, 2.75) is 50.2 Å². The van der Waals surface area contributed by atoms with E-state index in [1.807, 2.05) is 6.08 Å². The zero-order chi connectivity index (χ0) is 19.8. The van der Waals surface area contributed by atoms with Crippen molar-refractivity contribution >= 4 is 17.7 Å². The van der Waals surface area contributed by atoms with Crippen molar-refractivity contribution in [1.29, 1.82) is 0 Å². The predicted octanol–water partition coefficient (Wildman–Crippen LogP) is 2.75. The number of rotatable bonds is 4. The zero-order valence-electron chi connectivity index (χ0n) is 15.8. The van der Waals surface area contributed by atoms with E-state index in [9.17, 15) is 9.90 Å². The van der Waals surface area contributed by atoms with Crippen LogP contribution in [-0.4, -0.2) is 42.9 Å². The van der Waals surface area contributed by atoms with Crippen molar-refractivity contribution in [3.8, 4) is 11.5 Å². The van der Waals surface area contributed by atoms with Crippen molar-refractivity contribution in [3.05, 3.63) is 29.4 Å². The Hall–Kier alpha value is -2.74. The van der Waals surface area contributed by atoms with Crippen LogP contribution in [0.15, 0.2) is 16.8 Å². The van der Waals surface area contributed by atoms with Gasteiger partial charge in [-0.3, -0.25) is 4.98 Å². The van der Waals surface area contributed by atoms with E-state index in [0.29, 0.717) is 23.3 Å². The van der Waals surface area contributed by atoms with Gasteiger partial charge in [-0.05, 0) is 55.0 Å². The van der Waals surface area contributed by atoms with E-state index in [1.165, 1.54) is 0 Å². The first-order chi connectivity index (χ1) is 14.0. The highest BCUT2D eigenvalue weighted by molar-refractivity contribution is 5.86. The van der Waals surface area contributed by atoms with Crippen LogP contribution < -0.4 is 5.32 Å². The molecule has 0 amide bonds. The Bertz CT molecular complexity index is 1030. The molecule has 4 bridgehead atoms. The fraction of sp³-hybridized carbons (Fsp3) is 0.524. The monoisotopic (exact) mass is 394 g/mol. The number of nitrogens with zero attached hydrogens (tertiary/aromatic N) is 3. The Kier molecular flexibility index (Phi) is 3.48. The molecule has 0 aromatic carbocycles. The summed E-state index contributed by atoms with van der Waals surface area (Å²) in [4.78, 5) is 19.7. The Labute approximate surface area is 167 Å². The molecular formula is C21H22N4O4. The van der Waals surface area contributed by atoms with Crippen LogP contribution in [0.4, 0.5) is 5.69 Å². The average Bonchev–Trinajstić information content (AvgIpc) is 3.32. The molecule has 29 heavy (non-hydrogen) atoms. The summed E-state index contributed by atoms with van der Waals surface area (Å²) in [7, 11) is 0. The molecule has 0 radical (unpaired) electrons. The summed E-state index contributed by atoms with van der Waals surface area (Å²) in [5.41, 5.74) is 3.01. The van der Waals surface area contributed by atoms with Crippen LogP contribution in [-0.2, 0) is 6.42 Å². The van der Waals surface area contributed by atoms with E-state index in [4.69, 9.17) is 9.63 Å². The maximum Gasteiger partial charge on any atom is 0.377 e. The second kappa shape index (κ2) is 5.89. The summed E-state index contributed by atoms with van der Waals surface area (Å²) < 4.78 is 5.25. The number of nitrogens with one attached hydrogen (secondary N) is 1. The van der Waals surface area contributed by atoms with Crippen LogP contribution in [0, 0.1) is 17.8 Å². The van der Waals surface area contributed by atoms with Gasteiger partial charge in [0.1, 0.15) is 0 Å². The van der Waals surface area contributed by atoms with Gasteiger partial charge < -0.3 is 20.1 Å². The van der Waals surface area contributed by atoms with Crippen molar-refractivity contribution < 1.29 is 19.5 Å². The molecule has 7 rings (SSSR count). The summed E-state index contributed by atoms with van der Waals surface area (Å²) in [5, 5.41) is 27.4. The molecule has 5 aliphatic carbocycles. The average molecular weight is 394 g/mol. The minimum Gasteiger partial charge on any atom is -0.475 e. The van der Waals surface area contributed by atoms with E-state index < -0.39 is 11.6 Å². The van der Waals surface area contributed by atoms with Crippen LogP contribution in [0.1, 0.15) is 54.0 Å². The SMILES string of the molecule is O=C(O)c1noc(-c2cnc3c(c2NC2[C@@H]4CC5C[C@H]2CC(O)(C5)C4)C=CC3)n1. The first kappa shape index (κ1) is 17.1. The molecule has 2 heterocycles. The Morgan fingerprint density at radius 2 is 2.03 bits per heavy atom. The van der Waals surface area contributed by atoms with Crippen LogP contribution in [0.25, 0.3) is 17.5 Å². The first-order valence-electron chi connectivity index (χ1n) is 10.2. The Morgan fingerprint density at radius 1 is 1.24 bits per heavy atom. The number of aliphatic hydroxyl groups is 1. The molecule has 8 nitrogen and oxygen atoms in total. The third-order valence-electron chi connectivity index (χ3n) is 7.19. The van der Waals surface area contributed by atoms with Gasteiger partial charge >= 0.3 is 5.97 Å². The number of aromatic nitrogens is 3. The molecule has 2 aromatic heterocycles. The molecule has 2 aromatic rings. The Morgan fingerprint density at radius 3 is 2.72 bits per heavy atom. The molecule has 150 valence electrons. The number of allylic oxidation sites excluding steroid dienone is 1. The first-order valence-corrected chi connectivity index (χ1v) is 10.2. The molecule has 4 fully saturated rings. The number of hydrogen-bond acceptors (Lipinski definition) is 7.